The molecular weight excluding hydrogens is 348 g/mol. The van der Waals surface area contributed by atoms with Crippen molar-refractivity contribution < 1.29 is 23.8 Å². The number of carbonyl (C=O) groups excluding carboxylic acids is 2. The molecule has 0 aromatic heterocycles. The van der Waals surface area contributed by atoms with Crippen LogP contribution in [-0.4, -0.2) is 39.2 Å². The van der Waals surface area contributed by atoms with E-state index in [0.29, 0.717) is 28.6 Å². The number of nitrogens with one attached hydrogen (secondary N) is 1. The first-order valence-corrected chi connectivity index (χ1v) is 8.57. The summed E-state index contributed by atoms with van der Waals surface area (Å²) in [5.41, 5.74) is 2.29. The quantitative estimate of drug-likeness (QED) is 0.846. The average Bonchev–Trinajstić information content (AvgIpc) is 2.66. The first-order chi connectivity index (χ1) is 13.0. The van der Waals surface area contributed by atoms with Gasteiger partial charge in [-0.1, -0.05) is 6.07 Å². The van der Waals surface area contributed by atoms with Crippen LogP contribution >= 0.6 is 0 Å². The topological polar surface area (TPSA) is 77.1 Å². The number of carbonyl (C=O) groups is 2. The second-order valence-electron chi connectivity index (χ2n) is 6.20. The summed E-state index contributed by atoms with van der Waals surface area (Å²) in [6.45, 7) is 2.19. The van der Waals surface area contributed by atoms with Crippen LogP contribution in [0.1, 0.15) is 12.0 Å². The van der Waals surface area contributed by atoms with Gasteiger partial charge in [0.15, 0.2) is 6.61 Å². The molecule has 0 unspecified atom stereocenters. The normalized spacial score (nSPS) is 12.9. The van der Waals surface area contributed by atoms with Crippen LogP contribution in [0.15, 0.2) is 36.4 Å². The lowest BCUT2D eigenvalue weighted by Crippen LogP contribution is -2.40. The summed E-state index contributed by atoms with van der Waals surface area (Å²) >= 11 is 0. The first-order valence-electron chi connectivity index (χ1n) is 8.57. The summed E-state index contributed by atoms with van der Waals surface area (Å²) in [6, 6.07) is 10.8. The summed E-state index contributed by atoms with van der Waals surface area (Å²) in [5, 5.41) is 2.81. The molecule has 3 rings (SSSR count). The maximum Gasteiger partial charge on any atom is 0.265 e. The Balaban J connectivity index is 1.68. The van der Waals surface area contributed by atoms with Crippen LogP contribution < -0.4 is 24.4 Å². The number of anilines is 2. The van der Waals surface area contributed by atoms with Gasteiger partial charge in [-0.25, -0.2) is 0 Å². The summed E-state index contributed by atoms with van der Waals surface area (Å²) in [5.74, 6) is 1.44. The van der Waals surface area contributed by atoms with Crippen molar-refractivity contribution in [2.24, 2.45) is 0 Å². The van der Waals surface area contributed by atoms with Crippen molar-refractivity contribution in [3.8, 4) is 17.2 Å². The van der Waals surface area contributed by atoms with Crippen molar-refractivity contribution in [1.29, 1.82) is 0 Å². The van der Waals surface area contributed by atoms with Gasteiger partial charge in [-0.15, -0.1) is 0 Å². The molecule has 0 spiro atoms. The molecule has 2 aromatic rings. The summed E-state index contributed by atoms with van der Waals surface area (Å²) in [7, 11) is 3.09. The molecule has 142 valence electrons. The van der Waals surface area contributed by atoms with Crippen LogP contribution in [0.2, 0.25) is 0 Å². The highest BCUT2D eigenvalue weighted by Crippen LogP contribution is 2.33. The zero-order valence-corrected chi connectivity index (χ0v) is 15.6. The minimum atomic E-state index is -0.209. The van der Waals surface area contributed by atoms with Crippen molar-refractivity contribution in [3.05, 3.63) is 42.0 Å². The second kappa shape index (κ2) is 7.99. The molecule has 7 heteroatoms. The fraction of sp³-hybridized carbons (Fsp3) is 0.300. The monoisotopic (exact) mass is 370 g/mol. The van der Waals surface area contributed by atoms with Gasteiger partial charge in [-0.3, -0.25) is 9.59 Å². The number of aryl methyl sites for hydroxylation is 1. The molecule has 1 N–H and O–H groups in total. The smallest absolute Gasteiger partial charge is 0.265 e. The number of hydrogen-bond donors (Lipinski definition) is 1. The van der Waals surface area contributed by atoms with Gasteiger partial charge in [0, 0.05) is 36.9 Å². The third kappa shape index (κ3) is 4.31. The van der Waals surface area contributed by atoms with Crippen LogP contribution in [-0.2, 0) is 9.59 Å². The van der Waals surface area contributed by atoms with E-state index in [1.54, 1.807) is 37.3 Å². The Labute approximate surface area is 157 Å². The van der Waals surface area contributed by atoms with Crippen molar-refractivity contribution in [1.82, 2.24) is 0 Å². The largest absolute Gasteiger partial charge is 0.497 e. The molecule has 2 amide bonds. The SMILES string of the molecule is COc1cc(NC(=O)CCN2C(=O)COc3ccc(C)cc32)cc(OC)c1. The van der Waals surface area contributed by atoms with Crippen LogP contribution in [0, 0.1) is 6.92 Å². The molecular formula is C20H22N2O5. The van der Waals surface area contributed by atoms with Crippen molar-refractivity contribution in [3.63, 3.8) is 0 Å². The number of rotatable bonds is 6. The van der Waals surface area contributed by atoms with Crippen LogP contribution in [0.4, 0.5) is 11.4 Å². The van der Waals surface area contributed by atoms with E-state index in [0.717, 1.165) is 5.56 Å². The number of benzene rings is 2. The van der Waals surface area contributed by atoms with Crippen molar-refractivity contribution >= 4 is 23.2 Å². The fourth-order valence-corrected chi connectivity index (χ4v) is 2.87. The van der Waals surface area contributed by atoms with Crippen LogP contribution in [0.3, 0.4) is 0 Å². The molecule has 7 nitrogen and oxygen atoms in total. The van der Waals surface area contributed by atoms with E-state index >= 15 is 0 Å². The molecule has 0 aliphatic carbocycles. The number of methoxy groups -OCH3 is 2. The molecule has 0 fully saturated rings. The minimum absolute atomic E-state index is 0.0231. The molecule has 1 aliphatic heterocycles. The Morgan fingerprint density at radius 1 is 1.15 bits per heavy atom. The van der Waals surface area contributed by atoms with E-state index in [1.807, 2.05) is 25.1 Å². The van der Waals surface area contributed by atoms with E-state index in [9.17, 15) is 9.59 Å². The van der Waals surface area contributed by atoms with E-state index in [4.69, 9.17) is 14.2 Å². The van der Waals surface area contributed by atoms with Gasteiger partial charge in [0.05, 0.1) is 19.9 Å². The molecule has 0 atom stereocenters. The molecule has 0 saturated carbocycles. The van der Waals surface area contributed by atoms with E-state index in [-0.39, 0.29) is 31.4 Å². The Morgan fingerprint density at radius 3 is 2.52 bits per heavy atom. The van der Waals surface area contributed by atoms with Gasteiger partial charge in [0.25, 0.3) is 5.91 Å². The van der Waals surface area contributed by atoms with Gasteiger partial charge in [0.2, 0.25) is 5.91 Å². The van der Waals surface area contributed by atoms with E-state index < -0.39 is 0 Å². The summed E-state index contributed by atoms with van der Waals surface area (Å²) in [4.78, 5) is 26.2. The van der Waals surface area contributed by atoms with Gasteiger partial charge in [-0.2, -0.15) is 0 Å². The third-order valence-electron chi connectivity index (χ3n) is 4.26. The maximum absolute atomic E-state index is 12.4. The van der Waals surface area contributed by atoms with Crippen molar-refractivity contribution in [2.75, 3.05) is 37.6 Å². The molecule has 1 heterocycles. The Hall–Kier alpha value is -3.22. The molecule has 0 saturated heterocycles. The van der Waals surface area contributed by atoms with Gasteiger partial charge in [-0.05, 0) is 24.6 Å². The maximum atomic E-state index is 12.4. The lowest BCUT2D eigenvalue weighted by Gasteiger charge is -2.29. The Morgan fingerprint density at radius 2 is 1.85 bits per heavy atom. The molecule has 2 aromatic carbocycles. The highest BCUT2D eigenvalue weighted by Gasteiger charge is 2.25. The predicted octanol–water partition coefficient (Wildman–Crippen LogP) is 2.77. The zero-order valence-electron chi connectivity index (χ0n) is 15.6. The summed E-state index contributed by atoms with van der Waals surface area (Å²) < 4.78 is 15.9. The second-order valence-corrected chi connectivity index (χ2v) is 6.20. The number of nitrogens with zero attached hydrogens (tertiary/aromatic N) is 1. The van der Waals surface area contributed by atoms with Gasteiger partial charge >= 0.3 is 0 Å². The van der Waals surface area contributed by atoms with E-state index in [1.165, 1.54) is 0 Å². The lowest BCUT2D eigenvalue weighted by molar-refractivity contribution is -0.121. The summed E-state index contributed by atoms with van der Waals surface area (Å²) in [6.07, 6.45) is 0.151. The molecule has 0 radical (unpaired) electrons. The Bertz CT molecular complexity index is 843. The minimum Gasteiger partial charge on any atom is -0.497 e. The number of ether oxygens (including phenoxy) is 3. The van der Waals surface area contributed by atoms with Crippen LogP contribution in [0.25, 0.3) is 0 Å². The predicted molar refractivity (Wildman–Crippen MR) is 102 cm³/mol. The molecule has 1 aliphatic rings. The average molecular weight is 370 g/mol. The fourth-order valence-electron chi connectivity index (χ4n) is 2.87. The van der Waals surface area contributed by atoms with Crippen molar-refractivity contribution in [2.45, 2.75) is 13.3 Å². The first kappa shape index (κ1) is 18.6. The standard InChI is InChI=1S/C20H22N2O5/c1-13-4-5-18-17(8-13)22(20(24)12-27-18)7-6-19(23)21-14-9-15(25-2)11-16(10-14)26-3/h4-5,8-11H,6-7,12H2,1-3H3,(H,21,23). The zero-order chi connectivity index (χ0) is 19.4. The highest BCUT2D eigenvalue weighted by molar-refractivity contribution is 5.99. The Kier molecular flexibility index (Phi) is 5.49. The third-order valence-corrected chi connectivity index (χ3v) is 4.26. The van der Waals surface area contributed by atoms with Gasteiger partial charge in [0.1, 0.15) is 17.2 Å². The number of amides is 2. The van der Waals surface area contributed by atoms with Crippen LogP contribution in [0.5, 0.6) is 17.2 Å². The highest BCUT2D eigenvalue weighted by atomic mass is 16.5. The molecule has 27 heavy (non-hydrogen) atoms. The number of fused-ring (bicyclic) bond motifs is 1. The van der Waals surface area contributed by atoms with Gasteiger partial charge < -0.3 is 24.4 Å². The molecule has 0 bridgehead atoms. The van der Waals surface area contributed by atoms with E-state index in [2.05, 4.69) is 5.32 Å². The lowest BCUT2D eigenvalue weighted by atomic mass is 10.1. The number of hydrogen-bond acceptors (Lipinski definition) is 5.